The Morgan fingerprint density at radius 3 is 2.35 bits per heavy atom. The summed E-state index contributed by atoms with van der Waals surface area (Å²) in [5.41, 5.74) is 4.98. The van der Waals surface area contributed by atoms with Gasteiger partial charge in [0.05, 0.1) is 12.2 Å². The zero-order chi connectivity index (χ0) is 21.6. The van der Waals surface area contributed by atoms with E-state index in [1.807, 2.05) is 12.1 Å². The van der Waals surface area contributed by atoms with Crippen molar-refractivity contribution in [3.05, 3.63) is 106 Å². The predicted octanol–water partition coefficient (Wildman–Crippen LogP) is 7.85. The van der Waals surface area contributed by atoms with Crippen molar-refractivity contribution < 1.29 is 9.53 Å². The van der Waals surface area contributed by atoms with E-state index in [-0.39, 0.29) is 5.97 Å². The molecule has 1 aliphatic carbocycles. The second-order valence-corrected chi connectivity index (χ2v) is 9.43. The number of halogens is 1. The summed E-state index contributed by atoms with van der Waals surface area (Å²) < 4.78 is 6.53. The van der Waals surface area contributed by atoms with E-state index in [0.29, 0.717) is 29.9 Å². The fourth-order valence-corrected chi connectivity index (χ4v) is 5.16. The molecule has 160 valence electrons. The lowest BCUT2D eigenvalue weighted by Gasteiger charge is -2.35. The van der Waals surface area contributed by atoms with Gasteiger partial charge < -0.3 is 4.74 Å². The molecule has 31 heavy (non-hydrogen) atoms. The van der Waals surface area contributed by atoms with Gasteiger partial charge in [-0.05, 0) is 84.4 Å². The van der Waals surface area contributed by atoms with E-state index >= 15 is 0 Å². The number of carbonyl (C=O) groups is 1. The van der Waals surface area contributed by atoms with Crippen LogP contribution >= 0.6 is 15.9 Å². The number of ether oxygens (including phenoxy) is 1. The van der Waals surface area contributed by atoms with E-state index in [1.54, 1.807) is 12.1 Å². The van der Waals surface area contributed by atoms with Crippen LogP contribution < -0.4 is 0 Å². The Hall–Kier alpha value is -2.39. The Kier molecular flexibility index (Phi) is 7.24. The molecule has 0 spiro atoms. The van der Waals surface area contributed by atoms with Crippen LogP contribution in [0.1, 0.15) is 77.4 Å². The fraction of sp³-hybridized carbons (Fsp3) is 0.321. The second kappa shape index (κ2) is 10.3. The van der Waals surface area contributed by atoms with Crippen LogP contribution in [0.25, 0.3) is 0 Å². The molecule has 1 aliphatic rings. The Morgan fingerprint density at radius 1 is 0.935 bits per heavy atom. The molecule has 0 aliphatic heterocycles. The molecular weight excluding hydrogens is 448 g/mol. The van der Waals surface area contributed by atoms with Crippen molar-refractivity contribution in [2.24, 2.45) is 0 Å². The van der Waals surface area contributed by atoms with Gasteiger partial charge in [0.1, 0.15) is 0 Å². The van der Waals surface area contributed by atoms with Crippen LogP contribution in [0, 0.1) is 0 Å². The van der Waals surface area contributed by atoms with Gasteiger partial charge >= 0.3 is 5.97 Å². The van der Waals surface area contributed by atoms with Crippen molar-refractivity contribution in [2.45, 2.75) is 50.4 Å². The van der Waals surface area contributed by atoms with E-state index in [1.165, 1.54) is 29.5 Å². The first kappa shape index (κ1) is 21.8. The molecule has 0 unspecified atom stereocenters. The number of carbonyl (C=O) groups excluding carboxylic acids is 1. The first-order chi connectivity index (χ1) is 15.1. The van der Waals surface area contributed by atoms with Crippen LogP contribution in [0.15, 0.2) is 83.3 Å². The molecule has 0 N–H and O–H groups in total. The second-order valence-electron chi connectivity index (χ2n) is 8.52. The van der Waals surface area contributed by atoms with Gasteiger partial charge in [0.2, 0.25) is 0 Å². The molecule has 2 nitrogen and oxygen atoms in total. The van der Waals surface area contributed by atoms with Crippen molar-refractivity contribution in [2.75, 3.05) is 6.61 Å². The maximum Gasteiger partial charge on any atom is 0.338 e. The SMILES string of the molecule is C[C@@H]1CC[C@@H]([C@@H](CCCOC(=O)c2ccc(Br)cc2)c2ccccc2)c2ccccc21. The molecule has 3 heteroatoms. The van der Waals surface area contributed by atoms with Crippen LogP contribution in [0.2, 0.25) is 0 Å². The van der Waals surface area contributed by atoms with Crippen molar-refractivity contribution in [3.63, 3.8) is 0 Å². The predicted molar refractivity (Wildman–Crippen MR) is 130 cm³/mol. The number of fused-ring (bicyclic) bond motifs is 1. The van der Waals surface area contributed by atoms with Crippen molar-refractivity contribution >= 4 is 21.9 Å². The largest absolute Gasteiger partial charge is 0.462 e. The van der Waals surface area contributed by atoms with Gasteiger partial charge in [0.25, 0.3) is 0 Å². The molecular formula is C28H29BrO2. The molecule has 3 aromatic carbocycles. The molecule has 0 saturated carbocycles. The van der Waals surface area contributed by atoms with Crippen LogP contribution in [-0.2, 0) is 4.74 Å². The third kappa shape index (κ3) is 5.27. The van der Waals surface area contributed by atoms with E-state index in [0.717, 1.165) is 17.3 Å². The fourth-order valence-electron chi connectivity index (χ4n) is 4.89. The maximum absolute atomic E-state index is 12.3. The van der Waals surface area contributed by atoms with Crippen LogP contribution in [0.5, 0.6) is 0 Å². The van der Waals surface area contributed by atoms with Gasteiger partial charge in [-0.25, -0.2) is 4.79 Å². The van der Waals surface area contributed by atoms with Gasteiger partial charge in [-0.3, -0.25) is 0 Å². The summed E-state index contributed by atoms with van der Waals surface area (Å²) in [6, 6.07) is 27.1. The minimum absolute atomic E-state index is 0.249. The van der Waals surface area contributed by atoms with Crippen molar-refractivity contribution in [1.82, 2.24) is 0 Å². The number of esters is 1. The Bertz CT molecular complexity index is 997. The third-order valence-corrected chi connectivity index (χ3v) is 7.05. The highest BCUT2D eigenvalue weighted by atomic mass is 79.9. The summed E-state index contributed by atoms with van der Waals surface area (Å²) in [4.78, 5) is 12.3. The quantitative estimate of drug-likeness (QED) is 0.256. The van der Waals surface area contributed by atoms with Crippen LogP contribution in [0.3, 0.4) is 0 Å². The minimum atomic E-state index is -0.249. The topological polar surface area (TPSA) is 26.3 Å². The molecule has 0 fully saturated rings. The molecule has 0 amide bonds. The molecule has 3 aromatic rings. The normalized spacial score (nSPS) is 18.8. The van der Waals surface area contributed by atoms with E-state index in [9.17, 15) is 4.79 Å². The highest BCUT2D eigenvalue weighted by Gasteiger charge is 2.31. The average molecular weight is 477 g/mol. The highest BCUT2D eigenvalue weighted by molar-refractivity contribution is 9.10. The van der Waals surface area contributed by atoms with Gasteiger partial charge in [0, 0.05) is 4.47 Å². The van der Waals surface area contributed by atoms with Gasteiger partial charge in [-0.2, -0.15) is 0 Å². The summed E-state index contributed by atoms with van der Waals surface area (Å²) in [5.74, 6) is 1.31. The smallest absolute Gasteiger partial charge is 0.338 e. The Morgan fingerprint density at radius 2 is 1.61 bits per heavy atom. The molecule has 3 atom stereocenters. The number of benzene rings is 3. The van der Waals surface area contributed by atoms with E-state index in [4.69, 9.17) is 4.74 Å². The Labute approximate surface area is 193 Å². The zero-order valence-corrected chi connectivity index (χ0v) is 19.6. The summed E-state index contributed by atoms with van der Waals surface area (Å²) in [6.45, 7) is 2.79. The monoisotopic (exact) mass is 476 g/mol. The Balaban J connectivity index is 1.45. The molecule has 0 saturated heterocycles. The maximum atomic E-state index is 12.3. The lowest BCUT2D eigenvalue weighted by Crippen LogP contribution is -2.20. The summed E-state index contributed by atoms with van der Waals surface area (Å²) >= 11 is 3.40. The third-order valence-electron chi connectivity index (χ3n) is 6.52. The van der Waals surface area contributed by atoms with Gasteiger partial charge in [-0.1, -0.05) is 77.5 Å². The highest BCUT2D eigenvalue weighted by Crippen LogP contribution is 2.47. The first-order valence-electron chi connectivity index (χ1n) is 11.2. The first-order valence-corrected chi connectivity index (χ1v) is 12.0. The summed E-state index contributed by atoms with van der Waals surface area (Å²) in [7, 11) is 0. The lowest BCUT2D eigenvalue weighted by molar-refractivity contribution is 0.0495. The summed E-state index contributed by atoms with van der Waals surface area (Å²) in [5, 5.41) is 0. The standard InChI is InChI=1S/C28H29BrO2/c1-20-13-18-27(26-11-6-5-10-24(20)26)25(21-8-3-2-4-9-21)12-7-19-31-28(30)22-14-16-23(29)17-15-22/h2-6,8-11,14-17,20,25,27H,7,12-13,18-19H2,1H3/t20-,25+,27+/m1/s1. The summed E-state index contributed by atoms with van der Waals surface area (Å²) in [6.07, 6.45) is 4.29. The molecule has 0 bridgehead atoms. The lowest BCUT2D eigenvalue weighted by atomic mass is 9.69. The van der Waals surface area contributed by atoms with E-state index in [2.05, 4.69) is 77.5 Å². The van der Waals surface area contributed by atoms with Crippen molar-refractivity contribution in [1.29, 1.82) is 0 Å². The number of rotatable bonds is 7. The average Bonchev–Trinajstić information content (AvgIpc) is 2.81. The van der Waals surface area contributed by atoms with Crippen molar-refractivity contribution in [3.8, 4) is 0 Å². The van der Waals surface area contributed by atoms with E-state index < -0.39 is 0 Å². The van der Waals surface area contributed by atoms with Gasteiger partial charge in [0.15, 0.2) is 0 Å². The number of hydrogen-bond donors (Lipinski definition) is 0. The molecule has 4 rings (SSSR count). The van der Waals surface area contributed by atoms with Crippen LogP contribution in [-0.4, -0.2) is 12.6 Å². The molecule has 0 radical (unpaired) electrons. The number of hydrogen-bond acceptors (Lipinski definition) is 2. The van der Waals surface area contributed by atoms with Crippen LogP contribution in [0.4, 0.5) is 0 Å². The van der Waals surface area contributed by atoms with Gasteiger partial charge in [-0.15, -0.1) is 0 Å². The molecule has 0 aromatic heterocycles. The zero-order valence-electron chi connectivity index (χ0n) is 18.0. The minimum Gasteiger partial charge on any atom is -0.462 e. The molecule has 0 heterocycles.